The quantitative estimate of drug-likeness (QED) is 0.165. The normalized spacial score (nSPS) is 10.7. The van der Waals surface area contributed by atoms with Gasteiger partial charge in [-0.15, -0.1) is 0 Å². The zero-order valence-corrected chi connectivity index (χ0v) is 21.5. The molecule has 0 bridgehead atoms. The number of halogens is 4. The minimum Gasteiger partial charge on any atom is -0.410 e. The molecule has 9 heteroatoms. The number of aryl methyl sites for hydroxylation is 2. The van der Waals surface area contributed by atoms with E-state index in [1.54, 1.807) is 24.3 Å². The molecule has 0 N–H and O–H groups in total. The average molecular weight is 530 g/mol. The van der Waals surface area contributed by atoms with Gasteiger partial charge in [-0.3, -0.25) is 9.59 Å². The van der Waals surface area contributed by atoms with Gasteiger partial charge in [0.25, 0.3) is 26.3 Å². The van der Waals surface area contributed by atoms with Crippen LogP contribution in [0.4, 0.5) is 27.2 Å². The SMILES string of the molecule is CCc1ccc(-c2ccc(BC(=O)OC(=O)Bc3ccc(-c4ccc(CC)cc4)c(F)c3F)c(F)c2F)cc1. The second-order valence-electron chi connectivity index (χ2n) is 9.10. The Morgan fingerprint density at radius 2 is 0.923 bits per heavy atom. The Kier molecular flexibility index (Phi) is 8.69. The number of hydrogen-bond donors (Lipinski definition) is 0. The summed E-state index contributed by atoms with van der Waals surface area (Å²) in [5.41, 5.74) is 2.52. The number of hydrogen-bond acceptors (Lipinski definition) is 3. The summed E-state index contributed by atoms with van der Waals surface area (Å²) in [5.74, 6) is -7.01. The van der Waals surface area contributed by atoms with Crippen molar-refractivity contribution in [2.75, 3.05) is 0 Å². The highest BCUT2D eigenvalue weighted by Crippen LogP contribution is 2.25. The van der Waals surface area contributed by atoms with Gasteiger partial charge in [0.15, 0.2) is 23.3 Å². The van der Waals surface area contributed by atoms with Gasteiger partial charge < -0.3 is 4.74 Å². The van der Waals surface area contributed by atoms with Crippen LogP contribution in [-0.2, 0) is 17.6 Å². The molecule has 0 aliphatic rings. The number of benzene rings is 4. The van der Waals surface area contributed by atoms with Crippen molar-refractivity contribution in [2.24, 2.45) is 0 Å². The molecule has 0 atom stereocenters. The lowest BCUT2D eigenvalue weighted by atomic mass is 9.68. The van der Waals surface area contributed by atoms with E-state index in [0.29, 0.717) is 11.1 Å². The average Bonchev–Trinajstić information content (AvgIpc) is 2.94. The second-order valence-corrected chi connectivity index (χ2v) is 9.10. The summed E-state index contributed by atoms with van der Waals surface area (Å²) in [6, 6.07) is 19.2. The van der Waals surface area contributed by atoms with Gasteiger partial charge in [0.1, 0.15) is 0 Å². The summed E-state index contributed by atoms with van der Waals surface area (Å²) < 4.78 is 63.5. The van der Waals surface area contributed by atoms with Gasteiger partial charge in [-0.2, -0.15) is 0 Å². The van der Waals surface area contributed by atoms with Crippen molar-refractivity contribution in [3.05, 3.63) is 107 Å². The topological polar surface area (TPSA) is 43.4 Å². The largest absolute Gasteiger partial charge is 0.410 e. The summed E-state index contributed by atoms with van der Waals surface area (Å²) in [6.07, 6.45) is 1.61. The Morgan fingerprint density at radius 3 is 1.26 bits per heavy atom. The van der Waals surface area contributed by atoms with Crippen LogP contribution in [0.3, 0.4) is 0 Å². The number of carbonyl (C=O) groups excluding carboxylic acids is 2. The predicted molar refractivity (Wildman–Crippen MR) is 148 cm³/mol. The van der Waals surface area contributed by atoms with Gasteiger partial charge in [-0.25, -0.2) is 17.6 Å². The molecule has 39 heavy (non-hydrogen) atoms. The molecule has 0 spiro atoms. The van der Waals surface area contributed by atoms with Gasteiger partial charge in [-0.05, 0) is 46.0 Å². The molecule has 196 valence electrons. The summed E-state index contributed by atoms with van der Waals surface area (Å²) in [4.78, 5) is 24.5. The first-order chi connectivity index (χ1) is 18.7. The fourth-order valence-corrected chi connectivity index (χ4v) is 4.25. The Labute approximate surface area is 225 Å². The number of rotatable bonds is 8. The number of ether oxygens (including phenoxy) is 1. The third-order valence-corrected chi connectivity index (χ3v) is 6.57. The van der Waals surface area contributed by atoms with E-state index in [-0.39, 0.29) is 22.1 Å². The maximum atomic E-state index is 14.7. The smallest absolute Gasteiger partial charge is 0.297 e. The van der Waals surface area contributed by atoms with Crippen LogP contribution in [0.2, 0.25) is 0 Å². The molecule has 0 aliphatic heterocycles. The Balaban J connectivity index is 1.42. The van der Waals surface area contributed by atoms with Crippen LogP contribution in [0.1, 0.15) is 25.0 Å². The van der Waals surface area contributed by atoms with Gasteiger partial charge in [-0.1, -0.05) is 86.6 Å². The summed E-state index contributed by atoms with van der Waals surface area (Å²) >= 11 is 0. The van der Waals surface area contributed by atoms with Crippen LogP contribution in [0.25, 0.3) is 22.3 Å². The van der Waals surface area contributed by atoms with Crippen molar-refractivity contribution in [3.63, 3.8) is 0 Å². The molecule has 0 aromatic heterocycles. The first-order valence-corrected chi connectivity index (χ1v) is 12.6. The number of carbonyl (C=O) groups is 2. The van der Waals surface area contributed by atoms with E-state index in [4.69, 9.17) is 0 Å². The van der Waals surface area contributed by atoms with Crippen molar-refractivity contribution in [3.8, 4) is 22.3 Å². The molecule has 0 heterocycles. The Hall–Kier alpha value is -4.13. The van der Waals surface area contributed by atoms with Gasteiger partial charge in [0.05, 0.1) is 0 Å². The first kappa shape index (κ1) is 27.9. The predicted octanol–water partition coefficient (Wildman–Crippen LogP) is 5.78. The standard InChI is InChI=1S/C30H24B2F4O3/c1-3-17-5-9-19(10-6-17)21-13-15-23(27(35)25(21)33)31-29(37)39-30(38)32-24-16-14-22(26(34)28(24)36)20-11-7-18(4-2)8-12-20/h5-16,31-32H,3-4H2,1-2H3. The van der Waals surface area contributed by atoms with Crippen LogP contribution in [-0.4, -0.2) is 26.3 Å². The van der Waals surface area contributed by atoms with Crippen molar-refractivity contribution in [1.82, 2.24) is 0 Å². The zero-order chi connectivity index (χ0) is 28.1. The van der Waals surface area contributed by atoms with Gasteiger partial charge in [0, 0.05) is 11.1 Å². The maximum Gasteiger partial charge on any atom is 0.297 e. The fourth-order valence-electron chi connectivity index (χ4n) is 4.25. The van der Waals surface area contributed by atoms with E-state index >= 15 is 0 Å². The highest BCUT2D eigenvalue weighted by Gasteiger charge is 2.23. The fraction of sp³-hybridized carbons (Fsp3) is 0.133. The molecule has 3 nitrogen and oxygen atoms in total. The molecule has 4 aromatic rings. The molecule has 0 saturated heterocycles. The minimum absolute atomic E-state index is 0.0330. The second kappa shape index (κ2) is 12.2. The van der Waals surface area contributed by atoms with E-state index in [0.717, 1.165) is 24.0 Å². The van der Waals surface area contributed by atoms with Crippen molar-refractivity contribution in [1.29, 1.82) is 0 Å². The Morgan fingerprint density at radius 1 is 0.564 bits per heavy atom. The van der Waals surface area contributed by atoms with Crippen molar-refractivity contribution in [2.45, 2.75) is 26.7 Å². The third-order valence-electron chi connectivity index (χ3n) is 6.57. The van der Waals surface area contributed by atoms with Gasteiger partial charge in [0.2, 0.25) is 0 Å². The Bertz CT molecular complexity index is 1410. The van der Waals surface area contributed by atoms with E-state index in [1.165, 1.54) is 24.3 Å². The highest BCUT2D eigenvalue weighted by atomic mass is 19.2. The van der Waals surface area contributed by atoms with E-state index in [9.17, 15) is 27.2 Å². The molecule has 0 radical (unpaired) electrons. The molecule has 0 unspecified atom stereocenters. The van der Waals surface area contributed by atoms with E-state index in [1.807, 2.05) is 38.1 Å². The first-order valence-electron chi connectivity index (χ1n) is 12.6. The van der Waals surface area contributed by atoms with Crippen LogP contribution >= 0.6 is 0 Å². The highest BCUT2D eigenvalue weighted by molar-refractivity contribution is 6.87. The molecule has 0 saturated carbocycles. The molecule has 4 rings (SSSR count). The van der Waals surface area contributed by atoms with Crippen LogP contribution < -0.4 is 10.9 Å². The van der Waals surface area contributed by atoms with Crippen LogP contribution in [0.5, 0.6) is 0 Å². The molecule has 0 aliphatic carbocycles. The summed E-state index contributed by atoms with van der Waals surface area (Å²) in [7, 11) is -1.43. The zero-order valence-electron chi connectivity index (χ0n) is 21.5. The molecule has 0 fully saturated rings. The van der Waals surface area contributed by atoms with Crippen molar-refractivity contribution < 1.29 is 31.9 Å². The molecule has 0 amide bonds. The summed E-state index contributed by atoms with van der Waals surface area (Å²) in [5, 5.41) is 0. The lowest BCUT2D eigenvalue weighted by Gasteiger charge is -2.10. The third kappa shape index (κ3) is 6.30. The van der Waals surface area contributed by atoms with Crippen LogP contribution in [0.15, 0.2) is 72.8 Å². The van der Waals surface area contributed by atoms with Crippen LogP contribution in [0, 0.1) is 23.3 Å². The molecule has 4 aromatic carbocycles. The van der Waals surface area contributed by atoms with Gasteiger partial charge >= 0.3 is 0 Å². The van der Waals surface area contributed by atoms with E-state index < -0.39 is 49.6 Å². The lowest BCUT2D eigenvalue weighted by molar-refractivity contribution is 0.184. The van der Waals surface area contributed by atoms with Crippen molar-refractivity contribution >= 4 is 37.2 Å². The van der Waals surface area contributed by atoms with E-state index in [2.05, 4.69) is 4.74 Å². The summed E-state index contributed by atoms with van der Waals surface area (Å²) in [6.45, 7) is 3.96. The monoisotopic (exact) mass is 530 g/mol. The minimum atomic E-state index is -1.23. The maximum absolute atomic E-state index is 14.7. The molecular formula is C30H24B2F4O3. The molecular weight excluding hydrogens is 506 g/mol. The lowest BCUT2D eigenvalue weighted by Crippen LogP contribution is -2.34.